The molecule has 0 atom stereocenters. The number of nitrogens with zero attached hydrogens (tertiary/aromatic N) is 2. The first-order valence-electron chi connectivity index (χ1n) is 7.44. The van der Waals surface area contributed by atoms with Crippen LogP contribution < -0.4 is 5.73 Å². The zero-order valence-corrected chi connectivity index (χ0v) is 14.0. The summed E-state index contributed by atoms with van der Waals surface area (Å²) < 4.78 is 7.89. The Morgan fingerprint density at radius 3 is 2.38 bits per heavy atom. The molecule has 116 valence electrons. The number of ether oxygens (including phenoxy) is 1. The molecule has 0 aliphatic heterocycles. The number of rotatable bonds is 4. The minimum atomic E-state index is -0.235. The van der Waals surface area contributed by atoms with E-state index >= 15 is 0 Å². The summed E-state index contributed by atoms with van der Waals surface area (Å²) in [5.74, 6) is 1.05. The zero-order valence-electron chi connectivity index (χ0n) is 14.0. The van der Waals surface area contributed by atoms with Crippen LogP contribution in [0.5, 0.6) is 0 Å². The number of benzene rings is 1. The van der Waals surface area contributed by atoms with Gasteiger partial charge in [0.25, 0.3) is 0 Å². The maximum Gasteiger partial charge on any atom is 0.113 e. The monoisotopic (exact) mass is 289 g/mol. The van der Waals surface area contributed by atoms with Gasteiger partial charge in [-0.15, -0.1) is 0 Å². The normalized spacial score (nSPS) is 13.1. The Kier molecular flexibility index (Phi) is 4.13. The predicted octanol–water partition coefficient (Wildman–Crippen LogP) is 3.22. The highest BCUT2D eigenvalue weighted by Crippen LogP contribution is 2.28. The number of fused-ring (bicyclic) bond motifs is 1. The van der Waals surface area contributed by atoms with Crippen molar-refractivity contribution in [2.24, 2.45) is 5.73 Å². The van der Waals surface area contributed by atoms with E-state index in [1.807, 2.05) is 0 Å². The molecule has 1 heterocycles. The molecule has 0 unspecified atom stereocenters. The van der Waals surface area contributed by atoms with E-state index in [-0.39, 0.29) is 11.1 Å². The fourth-order valence-electron chi connectivity index (χ4n) is 2.62. The molecule has 4 nitrogen and oxygen atoms in total. The molecule has 0 saturated carbocycles. The van der Waals surface area contributed by atoms with Crippen molar-refractivity contribution < 1.29 is 4.74 Å². The molecule has 1 aromatic heterocycles. The van der Waals surface area contributed by atoms with E-state index in [9.17, 15) is 0 Å². The molecule has 0 aliphatic carbocycles. The number of aromatic nitrogens is 2. The molecule has 1 aromatic carbocycles. The SMILES string of the molecule is COC(C)(C)Cc1nc2cc(CN)ccc2n1C(C)(C)C. The second kappa shape index (κ2) is 5.43. The lowest BCUT2D eigenvalue weighted by molar-refractivity contribution is 0.0204. The Bertz CT molecular complexity index is 635. The second-order valence-electron chi connectivity index (χ2n) is 7.20. The molecule has 2 N–H and O–H groups in total. The molecule has 0 radical (unpaired) electrons. The highest BCUT2D eigenvalue weighted by atomic mass is 16.5. The largest absolute Gasteiger partial charge is 0.378 e. The summed E-state index contributed by atoms with van der Waals surface area (Å²) in [5.41, 5.74) is 8.75. The van der Waals surface area contributed by atoms with E-state index in [1.165, 1.54) is 0 Å². The summed E-state index contributed by atoms with van der Waals surface area (Å²) in [7, 11) is 1.75. The maximum absolute atomic E-state index is 5.74. The van der Waals surface area contributed by atoms with Crippen LogP contribution in [-0.2, 0) is 23.2 Å². The van der Waals surface area contributed by atoms with Crippen molar-refractivity contribution in [1.82, 2.24) is 9.55 Å². The van der Waals surface area contributed by atoms with Crippen LogP contribution >= 0.6 is 0 Å². The summed E-state index contributed by atoms with van der Waals surface area (Å²) in [6.07, 6.45) is 0.771. The zero-order chi connectivity index (χ0) is 15.8. The molecule has 0 amide bonds. The average molecular weight is 289 g/mol. The van der Waals surface area contributed by atoms with E-state index in [4.69, 9.17) is 15.5 Å². The van der Waals surface area contributed by atoms with Gasteiger partial charge < -0.3 is 15.0 Å². The van der Waals surface area contributed by atoms with Crippen LogP contribution in [0, 0.1) is 0 Å². The molecule has 2 rings (SSSR count). The van der Waals surface area contributed by atoms with Gasteiger partial charge in [0.05, 0.1) is 16.6 Å². The topological polar surface area (TPSA) is 53.1 Å². The number of imidazole rings is 1. The molecule has 2 aromatic rings. The summed E-state index contributed by atoms with van der Waals surface area (Å²) in [4.78, 5) is 4.85. The number of hydrogen-bond acceptors (Lipinski definition) is 3. The molecule has 0 saturated heterocycles. The highest BCUT2D eigenvalue weighted by molar-refractivity contribution is 5.77. The van der Waals surface area contributed by atoms with E-state index in [2.05, 4.69) is 57.4 Å². The number of nitrogens with two attached hydrogens (primary N) is 1. The summed E-state index contributed by atoms with van der Waals surface area (Å²) in [6, 6.07) is 6.29. The summed E-state index contributed by atoms with van der Waals surface area (Å²) in [5, 5.41) is 0. The first kappa shape index (κ1) is 16.0. The van der Waals surface area contributed by atoms with Crippen molar-refractivity contribution in [3.63, 3.8) is 0 Å². The second-order valence-corrected chi connectivity index (χ2v) is 7.20. The van der Waals surface area contributed by atoms with Gasteiger partial charge in [0.2, 0.25) is 0 Å². The number of methoxy groups -OCH3 is 1. The van der Waals surface area contributed by atoms with Crippen LogP contribution in [0.25, 0.3) is 11.0 Å². The standard InChI is InChI=1S/C17H27N3O/c1-16(2,3)20-14-8-7-12(11-18)9-13(14)19-15(20)10-17(4,5)21-6/h7-9H,10-11,18H2,1-6H3. The fraction of sp³-hybridized carbons (Fsp3) is 0.588. The van der Waals surface area contributed by atoms with E-state index in [0.29, 0.717) is 6.54 Å². The van der Waals surface area contributed by atoms with Crippen molar-refractivity contribution in [3.8, 4) is 0 Å². The summed E-state index contributed by atoms with van der Waals surface area (Å²) >= 11 is 0. The average Bonchev–Trinajstić information content (AvgIpc) is 2.74. The van der Waals surface area contributed by atoms with Crippen molar-refractivity contribution in [2.45, 2.75) is 58.7 Å². The third-order valence-electron chi connectivity index (χ3n) is 3.83. The minimum Gasteiger partial charge on any atom is -0.378 e. The first-order valence-corrected chi connectivity index (χ1v) is 7.44. The third-order valence-corrected chi connectivity index (χ3v) is 3.83. The minimum absolute atomic E-state index is 0.0296. The van der Waals surface area contributed by atoms with Crippen LogP contribution in [-0.4, -0.2) is 22.3 Å². The van der Waals surface area contributed by atoms with E-state index in [1.54, 1.807) is 7.11 Å². The van der Waals surface area contributed by atoms with Gasteiger partial charge in [0.1, 0.15) is 5.82 Å². The lowest BCUT2D eigenvalue weighted by Crippen LogP contribution is -2.31. The molecule has 0 spiro atoms. The highest BCUT2D eigenvalue weighted by Gasteiger charge is 2.26. The van der Waals surface area contributed by atoms with Gasteiger partial charge in [0.15, 0.2) is 0 Å². The Balaban J connectivity index is 2.63. The quantitative estimate of drug-likeness (QED) is 0.940. The van der Waals surface area contributed by atoms with Crippen molar-refractivity contribution in [2.75, 3.05) is 7.11 Å². The molecule has 0 bridgehead atoms. The van der Waals surface area contributed by atoms with Gasteiger partial charge in [-0.2, -0.15) is 0 Å². The van der Waals surface area contributed by atoms with Crippen molar-refractivity contribution in [3.05, 3.63) is 29.6 Å². The fourth-order valence-corrected chi connectivity index (χ4v) is 2.62. The molecule has 0 aliphatic rings. The Hall–Kier alpha value is -1.39. The van der Waals surface area contributed by atoms with Crippen LogP contribution in [0.2, 0.25) is 0 Å². The van der Waals surface area contributed by atoms with Gasteiger partial charge >= 0.3 is 0 Å². The Morgan fingerprint density at radius 2 is 1.86 bits per heavy atom. The van der Waals surface area contributed by atoms with Crippen LogP contribution in [0.1, 0.15) is 46.0 Å². The third kappa shape index (κ3) is 3.27. The first-order chi connectivity index (χ1) is 9.68. The van der Waals surface area contributed by atoms with Crippen LogP contribution in [0.3, 0.4) is 0 Å². The van der Waals surface area contributed by atoms with Crippen molar-refractivity contribution >= 4 is 11.0 Å². The van der Waals surface area contributed by atoms with Gasteiger partial charge in [-0.3, -0.25) is 0 Å². The lowest BCUT2D eigenvalue weighted by atomic mass is 10.0. The Labute approximate surface area is 127 Å². The van der Waals surface area contributed by atoms with Gasteiger partial charge in [-0.05, 0) is 52.3 Å². The molecule has 4 heteroatoms. The van der Waals surface area contributed by atoms with Crippen molar-refractivity contribution in [1.29, 1.82) is 0 Å². The van der Waals surface area contributed by atoms with Gasteiger partial charge in [-0.1, -0.05) is 6.07 Å². The van der Waals surface area contributed by atoms with Crippen LogP contribution in [0.15, 0.2) is 18.2 Å². The molecule has 0 fully saturated rings. The van der Waals surface area contributed by atoms with Gasteiger partial charge in [-0.25, -0.2) is 4.98 Å². The molecule has 21 heavy (non-hydrogen) atoms. The molecular formula is C17H27N3O. The smallest absolute Gasteiger partial charge is 0.113 e. The van der Waals surface area contributed by atoms with Crippen LogP contribution in [0.4, 0.5) is 0 Å². The van der Waals surface area contributed by atoms with E-state index < -0.39 is 0 Å². The van der Waals surface area contributed by atoms with Gasteiger partial charge in [0, 0.05) is 25.6 Å². The molecular weight excluding hydrogens is 262 g/mol. The van der Waals surface area contributed by atoms with E-state index in [0.717, 1.165) is 28.8 Å². The summed E-state index contributed by atoms with van der Waals surface area (Å²) in [6.45, 7) is 11.3. The maximum atomic E-state index is 5.74. The lowest BCUT2D eigenvalue weighted by Gasteiger charge is -2.28. The predicted molar refractivity (Wildman–Crippen MR) is 87.4 cm³/mol. The Morgan fingerprint density at radius 1 is 1.19 bits per heavy atom. The number of hydrogen-bond donors (Lipinski definition) is 1.